The predicted molar refractivity (Wildman–Crippen MR) is 190 cm³/mol. The van der Waals surface area contributed by atoms with Gasteiger partial charge < -0.3 is 24.3 Å². The lowest BCUT2D eigenvalue weighted by atomic mass is 9.92. The highest BCUT2D eigenvalue weighted by Crippen LogP contribution is 2.39. The maximum Gasteiger partial charge on any atom is 0.346 e. The quantitative estimate of drug-likeness (QED) is 0.0954. The second-order valence-corrected chi connectivity index (χ2v) is 18.0. The summed E-state index contributed by atoms with van der Waals surface area (Å²) in [4.78, 5) is 59.3. The van der Waals surface area contributed by atoms with Gasteiger partial charge in [-0.15, -0.1) is 5.54 Å². The molecule has 2 heterocycles. The first-order valence-corrected chi connectivity index (χ1v) is 19.6. The van der Waals surface area contributed by atoms with Crippen molar-refractivity contribution >= 4 is 43.4 Å². The Labute approximate surface area is 295 Å². The van der Waals surface area contributed by atoms with Crippen molar-refractivity contribution in [3.8, 4) is 11.5 Å². The molecule has 1 fully saturated rings. The molecule has 0 amide bonds. The molecule has 1 aromatic heterocycles. The van der Waals surface area contributed by atoms with Crippen LogP contribution in [0.3, 0.4) is 0 Å². The second-order valence-electron chi connectivity index (χ2n) is 12.8. The third kappa shape index (κ3) is 8.86. The highest BCUT2D eigenvalue weighted by molar-refractivity contribution is 6.83. The SMILES string of the molecule is Cc1ccc(C(=O)O[C@H]2[C@H](Nc3ccnc(=O)[nH]3)O[C@H](COC(=O)c3ccc(Cl)cc3)[C@@]2(C#C[Si](C)(C)C)OC(=O)c2ccc(C)cc2)cc1. The molecule has 5 rings (SSSR count). The van der Waals surface area contributed by atoms with Gasteiger partial charge in [-0.3, -0.25) is 4.98 Å². The number of anilines is 1. The zero-order chi connectivity index (χ0) is 36.1. The van der Waals surface area contributed by atoms with Crippen LogP contribution in [-0.4, -0.2) is 66.6 Å². The maximum atomic E-state index is 14.0. The zero-order valence-corrected chi connectivity index (χ0v) is 29.9. The fraction of sp³-hybridized carbons (Fsp3) is 0.270. The van der Waals surface area contributed by atoms with Crippen molar-refractivity contribution in [3.05, 3.63) is 128 Å². The van der Waals surface area contributed by atoms with E-state index in [4.69, 9.17) is 30.5 Å². The van der Waals surface area contributed by atoms with E-state index in [0.717, 1.165) is 11.1 Å². The number of aryl methyl sites for hydroxylation is 2. The van der Waals surface area contributed by atoms with E-state index >= 15 is 0 Å². The Kier molecular flexibility index (Phi) is 10.9. The van der Waals surface area contributed by atoms with Crippen LogP contribution in [0.4, 0.5) is 5.82 Å². The average Bonchev–Trinajstić information content (AvgIpc) is 3.34. The van der Waals surface area contributed by atoms with Gasteiger partial charge >= 0.3 is 23.6 Å². The minimum absolute atomic E-state index is 0.169. The Bertz CT molecular complexity index is 1980. The van der Waals surface area contributed by atoms with Crippen molar-refractivity contribution < 1.29 is 33.3 Å². The number of esters is 3. The van der Waals surface area contributed by atoms with Crippen molar-refractivity contribution in [2.75, 3.05) is 11.9 Å². The van der Waals surface area contributed by atoms with Gasteiger partial charge in [0, 0.05) is 11.2 Å². The lowest BCUT2D eigenvalue weighted by Gasteiger charge is -2.33. The monoisotopic (exact) mass is 713 g/mol. The largest absolute Gasteiger partial charge is 0.459 e. The van der Waals surface area contributed by atoms with E-state index in [0.29, 0.717) is 5.02 Å². The molecule has 1 aliphatic rings. The van der Waals surface area contributed by atoms with Crippen LogP contribution in [-0.2, 0) is 18.9 Å². The van der Waals surface area contributed by atoms with Crippen molar-refractivity contribution in [2.45, 2.75) is 57.5 Å². The fourth-order valence-electron chi connectivity index (χ4n) is 4.97. The number of aromatic nitrogens is 2. The smallest absolute Gasteiger partial charge is 0.346 e. The van der Waals surface area contributed by atoms with Crippen LogP contribution in [0.25, 0.3) is 0 Å². The number of nitrogens with zero attached hydrogens (tertiary/aromatic N) is 1. The van der Waals surface area contributed by atoms with Crippen LogP contribution in [0.15, 0.2) is 89.9 Å². The van der Waals surface area contributed by atoms with Crippen molar-refractivity contribution in [1.82, 2.24) is 9.97 Å². The van der Waals surface area contributed by atoms with E-state index in [2.05, 4.69) is 26.7 Å². The number of carbonyl (C=O) groups excluding carboxylic acids is 3. The summed E-state index contributed by atoms with van der Waals surface area (Å²) >= 11 is 6.01. The number of halogens is 1. The third-order valence-electron chi connectivity index (χ3n) is 7.61. The first-order valence-electron chi connectivity index (χ1n) is 15.7. The Morgan fingerprint density at radius 2 is 1.44 bits per heavy atom. The Balaban J connectivity index is 1.63. The molecule has 0 saturated carbocycles. The molecule has 0 spiro atoms. The summed E-state index contributed by atoms with van der Waals surface area (Å²) in [6, 6.07) is 21.0. The number of carbonyl (C=O) groups is 3. The van der Waals surface area contributed by atoms with Crippen LogP contribution in [0.5, 0.6) is 0 Å². The third-order valence-corrected chi connectivity index (χ3v) is 8.73. The van der Waals surface area contributed by atoms with Gasteiger partial charge in [0.25, 0.3) is 0 Å². The van der Waals surface area contributed by atoms with Gasteiger partial charge in [-0.05, 0) is 68.4 Å². The van der Waals surface area contributed by atoms with Crippen LogP contribution in [0.1, 0.15) is 42.2 Å². The van der Waals surface area contributed by atoms with E-state index in [9.17, 15) is 19.2 Å². The molecular formula is C37H36ClN3O8Si. The van der Waals surface area contributed by atoms with Gasteiger partial charge in [0.05, 0.1) is 16.7 Å². The van der Waals surface area contributed by atoms with Gasteiger partial charge in [-0.25, -0.2) is 24.2 Å². The van der Waals surface area contributed by atoms with E-state index in [1.54, 1.807) is 60.7 Å². The number of hydrogen-bond donors (Lipinski definition) is 2. The summed E-state index contributed by atoms with van der Waals surface area (Å²) in [7, 11) is -2.23. The molecule has 4 atom stereocenters. The lowest BCUT2D eigenvalue weighted by Crippen LogP contribution is -2.55. The van der Waals surface area contributed by atoms with Crippen LogP contribution < -0.4 is 11.0 Å². The predicted octanol–water partition coefficient (Wildman–Crippen LogP) is 5.74. The molecule has 258 valence electrons. The van der Waals surface area contributed by atoms with Crippen LogP contribution in [0, 0.1) is 25.3 Å². The van der Waals surface area contributed by atoms with Crippen LogP contribution in [0.2, 0.25) is 24.7 Å². The summed E-state index contributed by atoms with van der Waals surface area (Å²) in [6.07, 6.45) is -2.74. The fourth-order valence-corrected chi connectivity index (χ4v) is 5.66. The van der Waals surface area contributed by atoms with Crippen molar-refractivity contribution in [3.63, 3.8) is 0 Å². The number of ether oxygens (including phenoxy) is 4. The average molecular weight is 714 g/mol. The van der Waals surface area contributed by atoms with Gasteiger partial charge in [-0.1, -0.05) is 72.6 Å². The second kappa shape index (κ2) is 15.1. The van der Waals surface area contributed by atoms with Crippen molar-refractivity contribution in [2.24, 2.45) is 0 Å². The number of hydrogen-bond acceptors (Lipinski definition) is 10. The summed E-state index contributed by atoms with van der Waals surface area (Å²) < 4.78 is 24.6. The summed E-state index contributed by atoms with van der Waals surface area (Å²) in [5, 5.41) is 3.46. The number of aromatic amines is 1. The van der Waals surface area contributed by atoms with Crippen molar-refractivity contribution in [1.29, 1.82) is 0 Å². The molecule has 4 aromatic rings. The normalized spacial score (nSPS) is 19.8. The number of H-pyrrole nitrogens is 1. The zero-order valence-electron chi connectivity index (χ0n) is 28.1. The van der Waals surface area contributed by atoms with Gasteiger partial charge in [0.15, 0.2) is 6.23 Å². The standard InChI is InChI=1S/C37H36ClN3O8Si/c1-23-6-10-26(11-7-23)34(43)48-31-32(40-30-18-20-39-36(45)41-30)47-29(22-46-33(42)25-14-16-28(38)17-15-25)37(31,19-21-50(3,4)5)49-35(44)27-12-8-24(2)9-13-27/h6-18,20,29,31-32H,22H2,1-5H3,(H2,39,40,41,45)/t29-,31+,32-,37-/m1/s1. The van der Waals surface area contributed by atoms with Gasteiger partial charge in [-0.2, -0.15) is 0 Å². The molecule has 50 heavy (non-hydrogen) atoms. The molecule has 1 aliphatic heterocycles. The van der Waals surface area contributed by atoms with Gasteiger partial charge in [0.1, 0.15) is 26.6 Å². The summed E-state index contributed by atoms with van der Waals surface area (Å²) in [5.74, 6) is 1.08. The number of benzene rings is 3. The maximum absolute atomic E-state index is 14.0. The molecular weight excluding hydrogens is 678 g/mol. The molecule has 2 N–H and O–H groups in total. The van der Waals surface area contributed by atoms with E-state index < -0.39 is 62.3 Å². The first kappa shape index (κ1) is 36.1. The summed E-state index contributed by atoms with van der Waals surface area (Å²) in [5.41, 5.74) is 3.09. The highest BCUT2D eigenvalue weighted by Gasteiger charge is 2.62. The number of nitrogens with one attached hydrogen (secondary N) is 2. The Hall–Kier alpha value is -5.22. The van der Waals surface area contributed by atoms with E-state index in [-0.39, 0.29) is 22.5 Å². The molecule has 0 bridgehead atoms. The minimum Gasteiger partial charge on any atom is -0.459 e. The number of rotatable bonds is 9. The summed E-state index contributed by atoms with van der Waals surface area (Å²) in [6.45, 7) is 9.27. The molecule has 0 radical (unpaired) electrons. The van der Waals surface area contributed by atoms with Crippen LogP contribution >= 0.6 is 11.6 Å². The highest BCUT2D eigenvalue weighted by atomic mass is 35.5. The Morgan fingerprint density at radius 1 is 0.880 bits per heavy atom. The molecule has 3 aromatic carbocycles. The molecule has 11 nitrogen and oxygen atoms in total. The van der Waals surface area contributed by atoms with E-state index in [1.807, 2.05) is 33.5 Å². The lowest BCUT2D eigenvalue weighted by molar-refractivity contribution is -0.0777. The first-order chi connectivity index (χ1) is 23.7. The molecule has 0 unspecified atom stereocenters. The molecule has 13 heteroatoms. The minimum atomic E-state index is -2.23. The Morgan fingerprint density at radius 3 is 2.02 bits per heavy atom. The van der Waals surface area contributed by atoms with E-state index in [1.165, 1.54) is 24.4 Å². The van der Waals surface area contributed by atoms with Gasteiger partial charge in [0.2, 0.25) is 11.7 Å². The molecule has 1 saturated heterocycles. The topological polar surface area (TPSA) is 146 Å². The molecule has 0 aliphatic carbocycles.